The molecule has 0 saturated carbocycles. The van der Waals surface area contributed by atoms with Gasteiger partial charge in [0.15, 0.2) is 11.6 Å². The van der Waals surface area contributed by atoms with Crippen molar-refractivity contribution in [3.8, 4) is 11.5 Å². The molecule has 2 N–H and O–H groups in total. The van der Waals surface area contributed by atoms with E-state index in [1.165, 1.54) is 19.2 Å². The Balaban J connectivity index is 2.50. The largest absolute Gasteiger partial charge is 0.505 e. The lowest BCUT2D eigenvalue weighted by molar-refractivity contribution is 0.359. The summed E-state index contributed by atoms with van der Waals surface area (Å²) in [5.74, 6) is -0.500. The minimum Gasteiger partial charge on any atom is -0.505 e. The van der Waals surface area contributed by atoms with Gasteiger partial charge in [-0.05, 0) is 32.4 Å². The third-order valence-corrected chi connectivity index (χ3v) is 3.23. The van der Waals surface area contributed by atoms with Crippen LogP contribution in [0.15, 0.2) is 12.1 Å². The summed E-state index contributed by atoms with van der Waals surface area (Å²) in [5.41, 5.74) is 0.572. The number of hydrogen-bond acceptors (Lipinski definition) is 3. The normalized spacial score (nSPS) is 24.7. The summed E-state index contributed by atoms with van der Waals surface area (Å²) in [7, 11) is 1.51. The van der Waals surface area contributed by atoms with E-state index in [0.717, 1.165) is 24.9 Å². The number of rotatable bonds is 2. The molecule has 1 unspecified atom stereocenters. The second-order valence-electron chi connectivity index (χ2n) is 4.37. The number of hydrogen-bond donors (Lipinski definition) is 2. The van der Waals surface area contributed by atoms with Crippen LogP contribution in [0.2, 0.25) is 0 Å². The minimum atomic E-state index is -0.651. The lowest BCUT2D eigenvalue weighted by Crippen LogP contribution is -2.33. The van der Waals surface area contributed by atoms with E-state index in [9.17, 15) is 9.50 Å². The van der Waals surface area contributed by atoms with E-state index in [0.29, 0.717) is 5.75 Å². The van der Waals surface area contributed by atoms with Crippen LogP contribution in [0, 0.1) is 5.82 Å². The van der Waals surface area contributed by atoms with Crippen molar-refractivity contribution in [2.75, 3.05) is 13.7 Å². The predicted octanol–water partition coefficient (Wildman–Crippen LogP) is 2.14. The minimum absolute atomic E-state index is 0.240. The van der Waals surface area contributed by atoms with Crippen LogP contribution < -0.4 is 10.1 Å². The summed E-state index contributed by atoms with van der Waals surface area (Å²) < 4.78 is 18.4. The van der Waals surface area contributed by atoms with Gasteiger partial charge in [-0.25, -0.2) is 4.39 Å². The molecule has 88 valence electrons. The Morgan fingerprint density at radius 3 is 2.81 bits per heavy atom. The third kappa shape index (κ3) is 1.73. The van der Waals surface area contributed by atoms with Crippen LogP contribution >= 0.6 is 0 Å². The van der Waals surface area contributed by atoms with Crippen molar-refractivity contribution in [3.05, 3.63) is 23.5 Å². The lowest BCUT2D eigenvalue weighted by atomic mass is 9.89. The van der Waals surface area contributed by atoms with Gasteiger partial charge in [-0.1, -0.05) is 0 Å². The zero-order valence-corrected chi connectivity index (χ0v) is 9.51. The van der Waals surface area contributed by atoms with Gasteiger partial charge in [0.25, 0.3) is 0 Å². The van der Waals surface area contributed by atoms with Gasteiger partial charge in [0.1, 0.15) is 5.75 Å². The van der Waals surface area contributed by atoms with Crippen molar-refractivity contribution in [2.45, 2.75) is 25.3 Å². The molecule has 2 rings (SSSR count). The number of nitrogens with one attached hydrogen (secondary N) is 1. The molecule has 3 nitrogen and oxygen atoms in total. The van der Waals surface area contributed by atoms with Crippen LogP contribution in [0.3, 0.4) is 0 Å². The first-order valence-electron chi connectivity index (χ1n) is 5.39. The second-order valence-corrected chi connectivity index (χ2v) is 4.37. The molecule has 0 amide bonds. The van der Waals surface area contributed by atoms with Gasteiger partial charge in [-0.15, -0.1) is 0 Å². The molecule has 1 heterocycles. The van der Waals surface area contributed by atoms with Gasteiger partial charge in [0.05, 0.1) is 7.11 Å². The Kier molecular flexibility index (Phi) is 2.76. The fourth-order valence-electron chi connectivity index (χ4n) is 2.27. The third-order valence-electron chi connectivity index (χ3n) is 3.23. The molecule has 0 bridgehead atoms. The van der Waals surface area contributed by atoms with Crippen LogP contribution in [0.1, 0.15) is 25.3 Å². The molecular weight excluding hydrogens is 209 g/mol. The van der Waals surface area contributed by atoms with E-state index in [1.54, 1.807) is 0 Å². The molecule has 1 atom stereocenters. The number of methoxy groups -OCH3 is 1. The maximum Gasteiger partial charge on any atom is 0.168 e. The van der Waals surface area contributed by atoms with Crippen molar-refractivity contribution >= 4 is 0 Å². The van der Waals surface area contributed by atoms with Crippen LogP contribution in [-0.4, -0.2) is 18.8 Å². The highest BCUT2D eigenvalue weighted by Crippen LogP contribution is 2.39. The number of phenols is 1. The van der Waals surface area contributed by atoms with Gasteiger partial charge in [-0.2, -0.15) is 0 Å². The van der Waals surface area contributed by atoms with Gasteiger partial charge < -0.3 is 15.2 Å². The molecule has 0 radical (unpaired) electrons. The highest BCUT2D eigenvalue weighted by molar-refractivity contribution is 5.45. The summed E-state index contributed by atoms with van der Waals surface area (Å²) in [6.07, 6.45) is 2.02. The molecule has 1 aliphatic rings. The number of halogens is 1. The predicted molar refractivity (Wildman–Crippen MR) is 59.2 cm³/mol. The zero-order chi connectivity index (χ0) is 11.8. The molecular formula is C12H16FNO2. The monoisotopic (exact) mass is 225 g/mol. The lowest BCUT2D eigenvalue weighted by Gasteiger charge is -2.27. The van der Waals surface area contributed by atoms with E-state index in [4.69, 9.17) is 4.74 Å². The Morgan fingerprint density at radius 1 is 1.50 bits per heavy atom. The maximum absolute atomic E-state index is 13.2. The van der Waals surface area contributed by atoms with Crippen LogP contribution in [-0.2, 0) is 5.54 Å². The van der Waals surface area contributed by atoms with E-state index in [-0.39, 0.29) is 11.3 Å². The maximum atomic E-state index is 13.2. The molecule has 1 fully saturated rings. The molecule has 0 aliphatic carbocycles. The van der Waals surface area contributed by atoms with Crippen molar-refractivity contribution in [3.63, 3.8) is 0 Å². The quantitative estimate of drug-likeness (QED) is 0.810. The van der Waals surface area contributed by atoms with Crippen molar-refractivity contribution in [1.29, 1.82) is 0 Å². The van der Waals surface area contributed by atoms with E-state index >= 15 is 0 Å². The molecule has 0 aromatic heterocycles. The van der Waals surface area contributed by atoms with Gasteiger partial charge >= 0.3 is 0 Å². The molecule has 0 spiro atoms. The fourth-order valence-corrected chi connectivity index (χ4v) is 2.27. The van der Waals surface area contributed by atoms with Crippen LogP contribution in [0.25, 0.3) is 0 Å². The second kappa shape index (κ2) is 3.94. The van der Waals surface area contributed by atoms with Gasteiger partial charge in [-0.3, -0.25) is 0 Å². The average Bonchev–Trinajstić information content (AvgIpc) is 2.69. The SMILES string of the molecule is COc1cc(F)c(O)cc1C1(C)CCCN1. The van der Waals surface area contributed by atoms with Crippen LogP contribution in [0.5, 0.6) is 11.5 Å². The van der Waals surface area contributed by atoms with E-state index in [2.05, 4.69) is 5.32 Å². The zero-order valence-electron chi connectivity index (χ0n) is 9.51. The summed E-state index contributed by atoms with van der Waals surface area (Å²) in [4.78, 5) is 0. The van der Waals surface area contributed by atoms with Crippen molar-refractivity contribution in [2.24, 2.45) is 0 Å². The Morgan fingerprint density at radius 2 is 2.25 bits per heavy atom. The molecule has 1 aliphatic heterocycles. The standard InChI is InChI=1S/C12H16FNO2/c1-12(4-3-5-14-12)8-6-10(15)9(13)7-11(8)16-2/h6-7,14-15H,3-5H2,1-2H3. The number of phenolic OH excluding ortho intramolecular Hbond substituents is 1. The van der Waals surface area contributed by atoms with Gasteiger partial charge in [0.2, 0.25) is 0 Å². The highest BCUT2D eigenvalue weighted by atomic mass is 19.1. The van der Waals surface area contributed by atoms with E-state index in [1.807, 2.05) is 6.92 Å². The molecule has 4 heteroatoms. The molecule has 1 aromatic carbocycles. The van der Waals surface area contributed by atoms with E-state index < -0.39 is 5.82 Å². The average molecular weight is 225 g/mol. The topological polar surface area (TPSA) is 41.5 Å². The molecule has 1 aromatic rings. The fraction of sp³-hybridized carbons (Fsp3) is 0.500. The summed E-state index contributed by atoms with van der Waals surface area (Å²) in [5, 5.41) is 12.8. The van der Waals surface area contributed by atoms with Crippen LogP contribution in [0.4, 0.5) is 4.39 Å². The first-order valence-corrected chi connectivity index (χ1v) is 5.39. The Bertz CT molecular complexity index is 400. The number of aromatic hydroxyl groups is 1. The highest BCUT2D eigenvalue weighted by Gasteiger charge is 2.33. The number of benzene rings is 1. The Labute approximate surface area is 94.2 Å². The smallest absolute Gasteiger partial charge is 0.168 e. The first-order chi connectivity index (χ1) is 7.57. The number of ether oxygens (including phenoxy) is 1. The summed E-state index contributed by atoms with van der Waals surface area (Å²) >= 11 is 0. The van der Waals surface area contributed by atoms with Crippen molar-refractivity contribution < 1.29 is 14.2 Å². The first kappa shape index (κ1) is 11.2. The van der Waals surface area contributed by atoms with Crippen molar-refractivity contribution in [1.82, 2.24) is 5.32 Å². The summed E-state index contributed by atoms with van der Waals surface area (Å²) in [6, 6.07) is 2.68. The van der Waals surface area contributed by atoms with Gasteiger partial charge in [0, 0.05) is 17.2 Å². The Hall–Kier alpha value is -1.29. The summed E-state index contributed by atoms with van der Waals surface area (Å²) in [6.45, 7) is 2.97. The molecule has 16 heavy (non-hydrogen) atoms. The molecule has 1 saturated heterocycles.